The zero-order valence-corrected chi connectivity index (χ0v) is 10.7. The molecule has 0 saturated heterocycles. The Kier molecular flexibility index (Phi) is 2.92. The maximum atomic E-state index is 12.5. The summed E-state index contributed by atoms with van der Waals surface area (Å²) in [6.07, 6.45) is 0.611. The minimum atomic E-state index is 0.0724. The lowest BCUT2D eigenvalue weighted by atomic mass is 10.0. The minimum Gasteiger partial charge on any atom is -0.461 e. The van der Waals surface area contributed by atoms with Gasteiger partial charge in [-0.3, -0.25) is 4.79 Å². The Bertz CT molecular complexity index is 770. The van der Waals surface area contributed by atoms with Gasteiger partial charge in [0, 0.05) is 12.0 Å². The van der Waals surface area contributed by atoms with E-state index in [0.717, 1.165) is 11.1 Å². The van der Waals surface area contributed by atoms with Crippen LogP contribution < -0.4 is 5.43 Å². The average Bonchev–Trinajstić information content (AvgIpc) is 2.45. The number of aryl methyl sites for hydroxylation is 1. The Morgan fingerprint density at radius 3 is 2.42 bits per heavy atom. The Labute approximate surface area is 111 Å². The van der Waals surface area contributed by atoms with Crippen molar-refractivity contribution in [1.82, 2.24) is 0 Å². The maximum Gasteiger partial charge on any atom is 0.196 e. The molecule has 0 radical (unpaired) electrons. The summed E-state index contributed by atoms with van der Waals surface area (Å²) in [5, 5.41) is 0.652. The first-order valence-corrected chi connectivity index (χ1v) is 6.31. The zero-order chi connectivity index (χ0) is 13.2. The summed E-state index contributed by atoms with van der Waals surface area (Å²) in [6, 6.07) is 17.4. The molecule has 1 heterocycles. The van der Waals surface area contributed by atoms with Crippen LogP contribution in [0.15, 0.2) is 63.8 Å². The minimum absolute atomic E-state index is 0.0724. The van der Waals surface area contributed by atoms with Gasteiger partial charge in [0.25, 0.3) is 0 Å². The fourth-order valence-corrected chi connectivity index (χ4v) is 2.30. The normalized spacial score (nSPS) is 10.8. The monoisotopic (exact) mass is 250 g/mol. The number of fused-ring (bicyclic) bond motifs is 1. The number of hydrogen-bond acceptors (Lipinski definition) is 2. The molecule has 0 saturated carbocycles. The van der Waals surface area contributed by atoms with Crippen molar-refractivity contribution >= 4 is 11.0 Å². The van der Waals surface area contributed by atoms with Crippen LogP contribution >= 0.6 is 0 Å². The van der Waals surface area contributed by atoms with E-state index in [2.05, 4.69) is 0 Å². The van der Waals surface area contributed by atoms with Gasteiger partial charge in [-0.1, -0.05) is 42.5 Å². The van der Waals surface area contributed by atoms with Crippen molar-refractivity contribution in [3.05, 3.63) is 81.7 Å². The summed E-state index contributed by atoms with van der Waals surface area (Å²) in [5.74, 6) is 0.701. The summed E-state index contributed by atoms with van der Waals surface area (Å²) in [7, 11) is 0. The Balaban J connectivity index is 2.16. The molecule has 19 heavy (non-hydrogen) atoms. The molecular weight excluding hydrogens is 236 g/mol. The van der Waals surface area contributed by atoms with E-state index < -0.39 is 0 Å². The molecule has 2 heteroatoms. The molecule has 0 atom stereocenters. The molecule has 0 spiro atoms. The lowest BCUT2D eigenvalue weighted by molar-refractivity contribution is 0.556. The van der Waals surface area contributed by atoms with E-state index in [1.54, 1.807) is 0 Å². The van der Waals surface area contributed by atoms with Crippen LogP contribution in [0.3, 0.4) is 0 Å². The van der Waals surface area contributed by atoms with Crippen molar-refractivity contribution in [2.45, 2.75) is 13.3 Å². The van der Waals surface area contributed by atoms with E-state index in [4.69, 9.17) is 4.42 Å². The zero-order valence-electron chi connectivity index (χ0n) is 10.7. The lowest BCUT2D eigenvalue weighted by Gasteiger charge is -2.06. The van der Waals surface area contributed by atoms with Crippen LogP contribution in [0.2, 0.25) is 0 Å². The van der Waals surface area contributed by atoms with E-state index in [-0.39, 0.29) is 5.43 Å². The van der Waals surface area contributed by atoms with Crippen LogP contribution in [0.4, 0.5) is 0 Å². The summed E-state index contributed by atoms with van der Waals surface area (Å²) >= 11 is 0. The third-order valence-electron chi connectivity index (χ3n) is 3.32. The number of hydrogen-bond donors (Lipinski definition) is 0. The van der Waals surface area contributed by atoms with Crippen LogP contribution in [-0.4, -0.2) is 0 Å². The van der Waals surface area contributed by atoms with Crippen molar-refractivity contribution in [2.24, 2.45) is 0 Å². The number of para-hydroxylation sites is 1. The van der Waals surface area contributed by atoms with Crippen LogP contribution in [0.1, 0.15) is 16.9 Å². The number of rotatable bonds is 2. The van der Waals surface area contributed by atoms with E-state index in [1.807, 2.05) is 61.5 Å². The molecule has 94 valence electrons. The van der Waals surface area contributed by atoms with Crippen molar-refractivity contribution in [3.8, 4) is 0 Å². The molecule has 0 aliphatic carbocycles. The molecule has 0 aliphatic rings. The van der Waals surface area contributed by atoms with Crippen molar-refractivity contribution < 1.29 is 4.42 Å². The SMILES string of the molecule is Cc1oc2ccccc2c(=O)c1Cc1ccccc1. The van der Waals surface area contributed by atoms with E-state index in [9.17, 15) is 4.79 Å². The van der Waals surface area contributed by atoms with Gasteiger partial charge in [-0.05, 0) is 24.6 Å². The highest BCUT2D eigenvalue weighted by Crippen LogP contribution is 2.17. The first-order valence-electron chi connectivity index (χ1n) is 6.31. The molecule has 1 aromatic heterocycles. The molecule has 0 unspecified atom stereocenters. The molecule has 0 N–H and O–H groups in total. The average molecular weight is 250 g/mol. The highest BCUT2D eigenvalue weighted by atomic mass is 16.3. The van der Waals surface area contributed by atoms with Gasteiger partial charge in [0.15, 0.2) is 5.43 Å². The fraction of sp³-hybridized carbons (Fsp3) is 0.118. The first-order chi connectivity index (χ1) is 9.25. The summed E-state index contributed by atoms with van der Waals surface area (Å²) in [6.45, 7) is 1.85. The molecule has 0 fully saturated rings. The second-order valence-electron chi connectivity index (χ2n) is 4.62. The molecule has 0 aliphatic heterocycles. The molecule has 2 nitrogen and oxygen atoms in total. The van der Waals surface area contributed by atoms with Gasteiger partial charge in [-0.2, -0.15) is 0 Å². The quantitative estimate of drug-likeness (QED) is 0.694. The predicted octanol–water partition coefficient (Wildman–Crippen LogP) is 3.69. The van der Waals surface area contributed by atoms with Gasteiger partial charge in [0.1, 0.15) is 11.3 Å². The van der Waals surface area contributed by atoms with Gasteiger partial charge >= 0.3 is 0 Å². The lowest BCUT2D eigenvalue weighted by Crippen LogP contribution is -2.11. The molecular formula is C17H14O2. The molecule has 3 aromatic rings. The molecule has 2 aromatic carbocycles. The van der Waals surface area contributed by atoms with Gasteiger partial charge in [0.05, 0.1) is 5.39 Å². The Hall–Kier alpha value is -2.35. The van der Waals surface area contributed by atoms with E-state index in [1.165, 1.54) is 0 Å². The predicted molar refractivity (Wildman–Crippen MR) is 76.5 cm³/mol. The third-order valence-corrected chi connectivity index (χ3v) is 3.32. The Morgan fingerprint density at radius 2 is 1.63 bits per heavy atom. The molecule has 3 rings (SSSR count). The van der Waals surface area contributed by atoms with Crippen LogP contribution in [0.5, 0.6) is 0 Å². The van der Waals surface area contributed by atoms with Gasteiger partial charge in [-0.15, -0.1) is 0 Å². The van der Waals surface area contributed by atoms with Crippen LogP contribution in [-0.2, 0) is 6.42 Å². The van der Waals surface area contributed by atoms with Gasteiger partial charge < -0.3 is 4.42 Å². The molecule has 0 bridgehead atoms. The number of benzene rings is 2. The summed E-state index contributed by atoms with van der Waals surface area (Å²) in [4.78, 5) is 12.5. The van der Waals surface area contributed by atoms with Crippen molar-refractivity contribution in [3.63, 3.8) is 0 Å². The summed E-state index contributed by atoms with van der Waals surface area (Å²) in [5.41, 5.74) is 2.59. The fourth-order valence-electron chi connectivity index (χ4n) is 2.30. The smallest absolute Gasteiger partial charge is 0.196 e. The highest BCUT2D eigenvalue weighted by Gasteiger charge is 2.11. The van der Waals surface area contributed by atoms with Crippen LogP contribution in [0, 0.1) is 6.92 Å². The highest BCUT2D eigenvalue weighted by molar-refractivity contribution is 5.77. The van der Waals surface area contributed by atoms with E-state index in [0.29, 0.717) is 23.2 Å². The molecule has 0 amide bonds. The van der Waals surface area contributed by atoms with Gasteiger partial charge in [0.2, 0.25) is 0 Å². The standard InChI is InChI=1S/C17H14O2/c1-12-15(11-13-7-3-2-4-8-13)17(18)14-9-5-6-10-16(14)19-12/h2-10H,11H2,1H3. The second kappa shape index (κ2) is 4.73. The van der Waals surface area contributed by atoms with Crippen molar-refractivity contribution in [1.29, 1.82) is 0 Å². The van der Waals surface area contributed by atoms with Crippen LogP contribution in [0.25, 0.3) is 11.0 Å². The van der Waals surface area contributed by atoms with Gasteiger partial charge in [-0.25, -0.2) is 0 Å². The third kappa shape index (κ3) is 2.17. The summed E-state index contributed by atoms with van der Waals surface area (Å²) < 4.78 is 5.75. The first kappa shape index (κ1) is 11.7. The second-order valence-corrected chi connectivity index (χ2v) is 4.62. The van der Waals surface area contributed by atoms with Crippen molar-refractivity contribution in [2.75, 3.05) is 0 Å². The largest absolute Gasteiger partial charge is 0.461 e. The Morgan fingerprint density at radius 1 is 0.947 bits per heavy atom. The topological polar surface area (TPSA) is 30.2 Å². The maximum absolute atomic E-state index is 12.5. The van der Waals surface area contributed by atoms with E-state index >= 15 is 0 Å².